The molecule has 0 aromatic heterocycles. The number of nitrogens with zero attached hydrogens (tertiary/aromatic N) is 1. The Labute approximate surface area is 182 Å². The molecule has 1 saturated heterocycles. The van der Waals surface area contributed by atoms with Gasteiger partial charge in [-0.1, -0.05) is 12.1 Å². The zero-order valence-electron chi connectivity index (χ0n) is 17.8. The molecule has 7 nitrogen and oxygen atoms in total. The minimum absolute atomic E-state index is 0.152. The molecule has 168 valence electrons. The van der Waals surface area contributed by atoms with Crippen molar-refractivity contribution >= 4 is 15.9 Å². The zero-order valence-corrected chi connectivity index (χ0v) is 18.6. The Hall–Kier alpha value is -2.65. The van der Waals surface area contributed by atoms with E-state index in [4.69, 9.17) is 9.47 Å². The summed E-state index contributed by atoms with van der Waals surface area (Å²) in [6.45, 7) is 2.17. The first-order valence-electron chi connectivity index (χ1n) is 10.0. The molecular weight excluding hydrogens is 423 g/mol. The molecule has 0 bridgehead atoms. The van der Waals surface area contributed by atoms with Crippen molar-refractivity contribution < 1.29 is 27.1 Å². The molecule has 1 aliphatic rings. The van der Waals surface area contributed by atoms with Gasteiger partial charge in [-0.3, -0.25) is 4.79 Å². The van der Waals surface area contributed by atoms with Crippen molar-refractivity contribution in [1.29, 1.82) is 0 Å². The highest BCUT2D eigenvalue weighted by Gasteiger charge is 2.33. The first-order valence-corrected chi connectivity index (χ1v) is 11.5. The summed E-state index contributed by atoms with van der Waals surface area (Å²) in [5.41, 5.74) is 0.787. The fourth-order valence-corrected chi connectivity index (χ4v) is 5.27. The van der Waals surface area contributed by atoms with Crippen molar-refractivity contribution in [2.24, 2.45) is 5.92 Å². The van der Waals surface area contributed by atoms with Crippen LogP contribution in [0.4, 0.5) is 4.39 Å². The van der Waals surface area contributed by atoms with Crippen LogP contribution in [-0.4, -0.2) is 45.9 Å². The van der Waals surface area contributed by atoms with Gasteiger partial charge in [0.1, 0.15) is 22.2 Å². The Morgan fingerprint density at radius 1 is 1.13 bits per heavy atom. The Morgan fingerprint density at radius 3 is 2.42 bits per heavy atom. The highest BCUT2D eigenvalue weighted by atomic mass is 32.2. The van der Waals surface area contributed by atoms with Crippen LogP contribution in [0.25, 0.3) is 0 Å². The van der Waals surface area contributed by atoms with Gasteiger partial charge in [-0.05, 0) is 50.1 Å². The molecule has 1 unspecified atom stereocenters. The van der Waals surface area contributed by atoms with E-state index in [1.54, 1.807) is 26.4 Å². The highest BCUT2D eigenvalue weighted by Crippen LogP contribution is 2.30. The lowest BCUT2D eigenvalue weighted by molar-refractivity contribution is -0.126. The van der Waals surface area contributed by atoms with Gasteiger partial charge in [0.25, 0.3) is 0 Å². The maximum Gasteiger partial charge on any atom is 0.245 e. The molecule has 1 aliphatic heterocycles. The lowest BCUT2D eigenvalue weighted by atomic mass is 9.96. The molecule has 31 heavy (non-hydrogen) atoms. The van der Waals surface area contributed by atoms with Gasteiger partial charge in [-0.25, -0.2) is 12.8 Å². The van der Waals surface area contributed by atoms with E-state index < -0.39 is 15.8 Å². The van der Waals surface area contributed by atoms with Crippen molar-refractivity contribution in [3.63, 3.8) is 0 Å². The minimum atomic E-state index is -3.93. The Balaban J connectivity index is 1.64. The van der Waals surface area contributed by atoms with E-state index >= 15 is 0 Å². The van der Waals surface area contributed by atoms with E-state index in [1.165, 1.54) is 22.5 Å². The molecule has 1 N–H and O–H groups in total. The van der Waals surface area contributed by atoms with Gasteiger partial charge >= 0.3 is 0 Å². The van der Waals surface area contributed by atoms with Crippen LogP contribution >= 0.6 is 0 Å². The molecule has 1 atom stereocenters. The number of halogens is 1. The van der Waals surface area contributed by atoms with E-state index in [9.17, 15) is 17.6 Å². The molecular formula is C22H27FN2O5S. The summed E-state index contributed by atoms with van der Waals surface area (Å²) < 4.78 is 51.3. The summed E-state index contributed by atoms with van der Waals surface area (Å²) in [6, 6.07) is 10.4. The molecule has 1 heterocycles. The maximum absolute atomic E-state index is 14.0. The average Bonchev–Trinajstić information content (AvgIpc) is 2.78. The van der Waals surface area contributed by atoms with E-state index in [0.29, 0.717) is 24.3 Å². The second-order valence-corrected chi connectivity index (χ2v) is 9.35. The molecule has 2 aromatic rings. The number of sulfonamides is 1. The molecule has 0 radical (unpaired) electrons. The highest BCUT2D eigenvalue weighted by molar-refractivity contribution is 7.89. The van der Waals surface area contributed by atoms with Crippen LogP contribution in [0.3, 0.4) is 0 Å². The number of carbonyl (C=O) groups excluding carboxylic acids is 1. The quantitative estimate of drug-likeness (QED) is 0.701. The minimum Gasteiger partial charge on any atom is -0.497 e. The van der Waals surface area contributed by atoms with Crippen molar-refractivity contribution in [2.75, 3.05) is 27.3 Å². The third kappa shape index (κ3) is 4.99. The normalized spacial score (nSPS) is 16.5. The smallest absolute Gasteiger partial charge is 0.245 e. The number of hydrogen-bond donors (Lipinski definition) is 1. The second-order valence-electron chi connectivity index (χ2n) is 7.45. The van der Waals surface area contributed by atoms with Gasteiger partial charge in [0.2, 0.25) is 15.9 Å². The Kier molecular flexibility index (Phi) is 7.17. The number of carbonyl (C=O) groups is 1. The number of rotatable bonds is 7. The molecule has 1 amide bonds. The van der Waals surface area contributed by atoms with E-state index in [2.05, 4.69) is 5.32 Å². The lowest BCUT2D eigenvalue weighted by Gasteiger charge is -2.31. The number of ether oxygens (including phenoxy) is 2. The van der Waals surface area contributed by atoms with Crippen LogP contribution in [0.2, 0.25) is 0 Å². The Bertz CT molecular complexity index is 1040. The number of amides is 1. The second kappa shape index (κ2) is 9.65. The fourth-order valence-electron chi connectivity index (χ4n) is 3.74. The predicted octanol–water partition coefficient (Wildman–Crippen LogP) is 3.12. The maximum atomic E-state index is 14.0. The van der Waals surface area contributed by atoms with Crippen molar-refractivity contribution in [3.8, 4) is 11.5 Å². The first kappa shape index (κ1) is 23.0. The topological polar surface area (TPSA) is 84.9 Å². The van der Waals surface area contributed by atoms with Crippen LogP contribution in [0.1, 0.15) is 31.4 Å². The van der Waals surface area contributed by atoms with Gasteiger partial charge in [0.05, 0.1) is 20.3 Å². The summed E-state index contributed by atoms with van der Waals surface area (Å²) >= 11 is 0. The third-order valence-electron chi connectivity index (χ3n) is 5.54. The van der Waals surface area contributed by atoms with E-state index in [0.717, 1.165) is 11.6 Å². The van der Waals surface area contributed by atoms with Crippen LogP contribution in [0, 0.1) is 11.7 Å². The van der Waals surface area contributed by atoms with Gasteiger partial charge in [-0.15, -0.1) is 0 Å². The van der Waals surface area contributed by atoms with Crippen molar-refractivity contribution in [3.05, 3.63) is 53.8 Å². The summed E-state index contributed by atoms with van der Waals surface area (Å²) in [4.78, 5) is 12.5. The predicted molar refractivity (Wildman–Crippen MR) is 114 cm³/mol. The SMILES string of the molecule is COc1ccc(OC)c(C(C)NC(=O)C2CCN(S(=O)(=O)c3ccccc3F)CC2)c1. The van der Waals surface area contributed by atoms with Gasteiger partial charge < -0.3 is 14.8 Å². The summed E-state index contributed by atoms with van der Waals surface area (Å²) in [5.74, 6) is 0.0396. The fraction of sp³-hybridized carbons (Fsp3) is 0.409. The van der Waals surface area contributed by atoms with E-state index in [-0.39, 0.29) is 35.9 Å². The van der Waals surface area contributed by atoms with Gasteiger partial charge in [0, 0.05) is 24.6 Å². The number of hydrogen-bond acceptors (Lipinski definition) is 5. The van der Waals surface area contributed by atoms with Crippen LogP contribution in [-0.2, 0) is 14.8 Å². The van der Waals surface area contributed by atoms with Crippen molar-refractivity contribution in [2.45, 2.75) is 30.7 Å². The van der Waals surface area contributed by atoms with Crippen molar-refractivity contribution in [1.82, 2.24) is 9.62 Å². The molecule has 2 aromatic carbocycles. The molecule has 1 fully saturated rings. The summed E-state index contributed by atoms with van der Waals surface area (Å²) in [5, 5.41) is 2.98. The number of piperidine rings is 1. The van der Waals surface area contributed by atoms with Crippen LogP contribution in [0.5, 0.6) is 11.5 Å². The molecule has 0 spiro atoms. The molecule has 0 saturated carbocycles. The summed E-state index contributed by atoms with van der Waals surface area (Å²) in [6.07, 6.45) is 0.725. The zero-order chi connectivity index (χ0) is 22.6. The third-order valence-corrected chi connectivity index (χ3v) is 7.47. The average molecular weight is 451 g/mol. The van der Waals surface area contributed by atoms with Crippen LogP contribution in [0.15, 0.2) is 47.4 Å². The largest absolute Gasteiger partial charge is 0.497 e. The van der Waals surface area contributed by atoms with E-state index in [1.807, 2.05) is 13.0 Å². The first-order chi connectivity index (χ1) is 14.8. The van der Waals surface area contributed by atoms with Gasteiger partial charge in [-0.2, -0.15) is 4.31 Å². The lowest BCUT2D eigenvalue weighted by Crippen LogP contribution is -2.43. The molecule has 9 heteroatoms. The molecule has 0 aliphatic carbocycles. The van der Waals surface area contributed by atoms with Crippen LogP contribution < -0.4 is 14.8 Å². The number of nitrogens with one attached hydrogen (secondary N) is 1. The standard InChI is InChI=1S/C22H27FN2O5S/c1-15(18-14-17(29-2)8-9-20(18)30-3)24-22(26)16-10-12-25(13-11-16)31(27,28)21-7-5-4-6-19(21)23/h4-9,14-16H,10-13H2,1-3H3,(H,24,26). The number of methoxy groups -OCH3 is 2. The summed E-state index contributed by atoms with van der Waals surface area (Å²) in [7, 11) is -0.800. The Morgan fingerprint density at radius 2 is 1.81 bits per heavy atom. The number of benzene rings is 2. The van der Waals surface area contributed by atoms with Gasteiger partial charge in [0.15, 0.2) is 0 Å². The monoisotopic (exact) mass is 450 g/mol. The molecule has 3 rings (SSSR count).